The van der Waals surface area contributed by atoms with Gasteiger partial charge in [0.1, 0.15) is 0 Å². The van der Waals surface area contributed by atoms with Gasteiger partial charge < -0.3 is 0 Å². The molecule has 0 unspecified atom stereocenters. The van der Waals surface area contributed by atoms with Crippen LogP contribution in [0.4, 0.5) is 0 Å². The first-order valence-electron chi connectivity index (χ1n) is 10.7. The van der Waals surface area contributed by atoms with Gasteiger partial charge in [0.15, 0.2) is 0 Å². The summed E-state index contributed by atoms with van der Waals surface area (Å²) in [5.74, 6) is 1.66. The predicted octanol–water partition coefficient (Wildman–Crippen LogP) is 6.10. The average molecular weight is 413 g/mol. The lowest BCUT2D eigenvalue weighted by Gasteiger charge is -2.07. The van der Waals surface area contributed by atoms with Gasteiger partial charge in [-0.05, 0) is 61.0 Å². The van der Waals surface area contributed by atoms with Gasteiger partial charge in [-0.1, -0.05) is 48.5 Å². The molecule has 0 bridgehead atoms. The van der Waals surface area contributed by atoms with Gasteiger partial charge in [-0.15, -0.1) is 0 Å². The number of aromatic nitrogens is 5. The molecule has 3 aromatic heterocycles. The Hall–Kier alpha value is -4.38. The number of fused-ring (bicyclic) bond motifs is 9. The lowest BCUT2D eigenvalue weighted by molar-refractivity contribution is 1.02. The van der Waals surface area contributed by atoms with Crippen molar-refractivity contribution in [3.63, 3.8) is 0 Å². The van der Waals surface area contributed by atoms with Gasteiger partial charge in [0, 0.05) is 0 Å². The summed E-state index contributed by atoms with van der Waals surface area (Å²) in [4.78, 5) is 10.2. The Morgan fingerprint density at radius 1 is 0.531 bits per heavy atom. The fraction of sp³-hybridized carbons (Fsp3) is 0.0370. The Balaban J connectivity index is 1.90. The van der Waals surface area contributed by atoms with Crippen molar-refractivity contribution in [3.8, 4) is 5.69 Å². The fourth-order valence-electron chi connectivity index (χ4n) is 4.73. The van der Waals surface area contributed by atoms with E-state index in [1.165, 1.54) is 5.56 Å². The van der Waals surface area contributed by atoms with Gasteiger partial charge in [-0.25, -0.2) is 14.5 Å². The molecule has 152 valence electrons. The van der Waals surface area contributed by atoms with Crippen LogP contribution in [0.25, 0.3) is 50.3 Å². The summed E-state index contributed by atoms with van der Waals surface area (Å²) in [6, 6.07) is 33.6. The molecule has 0 aliphatic carbocycles. The second-order valence-corrected chi connectivity index (χ2v) is 8.13. The molecule has 0 N–H and O–H groups in total. The number of benzene rings is 4. The monoisotopic (exact) mass is 413 g/mol. The quantitative estimate of drug-likeness (QED) is 0.326. The molecule has 0 saturated heterocycles. The van der Waals surface area contributed by atoms with Gasteiger partial charge >= 0.3 is 0 Å². The van der Waals surface area contributed by atoms with E-state index in [4.69, 9.17) is 9.97 Å². The normalized spacial score (nSPS) is 11.9. The van der Waals surface area contributed by atoms with Crippen molar-refractivity contribution in [2.24, 2.45) is 0 Å². The van der Waals surface area contributed by atoms with Crippen molar-refractivity contribution in [3.05, 3.63) is 103 Å². The van der Waals surface area contributed by atoms with Crippen LogP contribution in [0.3, 0.4) is 0 Å². The van der Waals surface area contributed by atoms with Crippen LogP contribution in [-0.2, 0) is 0 Å². The maximum Gasteiger partial charge on any atom is 0.223 e. The first-order chi connectivity index (χ1) is 15.8. The van der Waals surface area contributed by atoms with Crippen LogP contribution >= 0.6 is 0 Å². The zero-order chi connectivity index (χ0) is 21.2. The molecule has 0 amide bonds. The molecule has 4 aromatic carbocycles. The summed E-state index contributed by atoms with van der Waals surface area (Å²) >= 11 is 0. The maximum absolute atomic E-state index is 5.10. The highest BCUT2D eigenvalue weighted by molar-refractivity contribution is 5.92. The lowest BCUT2D eigenvalue weighted by Crippen LogP contribution is -2.02. The highest BCUT2D eigenvalue weighted by Gasteiger charge is 2.18. The van der Waals surface area contributed by atoms with Crippen molar-refractivity contribution in [1.29, 1.82) is 0 Å². The molecule has 0 saturated carbocycles. The molecule has 0 spiro atoms. The molecule has 7 aromatic rings. The molecule has 7 rings (SSSR count). The molecule has 5 nitrogen and oxygen atoms in total. The summed E-state index contributed by atoms with van der Waals surface area (Å²) in [6.07, 6.45) is 0. The van der Waals surface area contributed by atoms with Crippen molar-refractivity contribution in [2.45, 2.75) is 6.92 Å². The van der Waals surface area contributed by atoms with Crippen molar-refractivity contribution in [2.75, 3.05) is 0 Å². The molecule has 0 aliphatic heterocycles. The minimum Gasteiger partial charge on any atom is -0.276 e. The number of para-hydroxylation sites is 6. The van der Waals surface area contributed by atoms with E-state index in [1.54, 1.807) is 0 Å². The van der Waals surface area contributed by atoms with E-state index < -0.39 is 0 Å². The van der Waals surface area contributed by atoms with Gasteiger partial charge in [0.25, 0.3) is 0 Å². The molecule has 5 heteroatoms. The number of hydrogen-bond acceptors (Lipinski definition) is 2. The Labute approximate surface area is 183 Å². The largest absolute Gasteiger partial charge is 0.276 e. The number of aryl methyl sites for hydroxylation is 1. The molecule has 0 atom stereocenters. The van der Waals surface area contributed by atoms with Gasteiger partial charge in [0.2, 0.25) is 11.6 Å². The first-order valence-corrected chi connectivity index (χ1v) is 10.7. The average Bonchev–Trinajstić information content (AvgIpc) is 3.35. The summed E-state index contributed by atoms with van der Waals surface area (Å²) in [5, 5.41) is 0. The highest BCUT2D eigenvalue weighted by atomic mass is 15.3. The van der Waals surface area contributed by atoms with Crippen LogP contribution in [0.1, 0.15) is 5.56 Å². The fourth-order valence-corrected chi connectivity index (χ4v) is 4.73. The van der Waals surface area contributed by atoms with E-state index >= 15 is 0 Å². The van der Waals surface area contributed by atoms with Gasteiger partial charge in [-0.3, -0.25) is 8.80 Å². The number of nitrogens with zero attached hydrogens (tertiary/aromatic N) is 5. The minimum atomic E-state index is 0.832. The van der Waals surface area contributed by atoms with Crippen LogP contribution in [-0.4, -0.2) is 23.3 Å². The lowest BCUT2D eigenvalue weighted by atomic mass is 10.2. The predicted molar refractivity (Wildman–Crippen MR) is 129 cm³/mol. The molecular weight excluding hydrogens is 394 g/mol. The Bertz CT molecular complexity index is 1740. The van der Waals surface area contributed by atoms with Crippen molar-refractivity contribution < 1.29 is 0 Å². The van der Waals surface area contributed by atoms with E-state index in [1.807, 2.05) is 12.1 Å². The van der Waals surface area contributed by atoms with Crippen molar-refractivity contribution in [1.82, 2.24) is 23.3 Å². The summed E-state index contributed by atoms with van der Waals surface area (Å²) < 4.78 is 6.67. The van der Waals surface area contributed by atoms with Crippen LogP contribution in [0, 0.1) is 6.92 Å². The van der Waals surface area contributed by atoms with E-state index in [9.17, 15) is 0 Å². The molecule has 0 radical (unpaired) electrons. The third kappa shape index (κ3) is 2.28. The summed E-state index contributed by atoms with van der Waals surface area (Å²) in [6.45, 7) is 2.11. The minimum absolute atomic E-state index is 0.832. The number of rotatable bonds is 1. The molecule has 0 aliphatic rings. The van der Waals surface area contributed by atoms with E-state index in [0.29, 0.717) is 0 Å². The molecule has 0 fully saturated rings. The topological polar surface area (TPSA) is 39.5 Å². The summed E-state index contributed by atoms with van der Waals surface area (Å²) in [5.41, 5.74) is 8.44. The third-order valence-corrected chi connectivity index (χ3v) is 6.11. The van der Waals surface area contributed by atoms with E-state index in [-0.39, 0.29) is 0 Å². The molecular formula is C27H19N5. The standard InChI is InChI=1S/C27H19N5/c1-18-9-8-10-19(17-18)30-26-28-20-11-2-4-13-22(20)31(26)24-15-6-7-16-25(24)32-23-14-5-3-12-21(23)29-27(30)32/h2-17H,1H3. The zero-order valence-corrected chi connectivity index (χ0v) is 17.5. The second kappa shape index (κ2) is 6.31. The zero-order valence-electron chi connectivity index (χ0n) is 17.5. The molecule has 3 heterocycles. The third-order valence-electron chi connectivity index (χ3n) is 6.11. The Morgan fingerprint density at radius 2 is 1.03 bits per heavy atom. The second-order valence-electron chi connectivity index (χ2n) is 8.13. The Morgan fingerprint density at radius 3 is 1.56 bits per heavy atom. The maximum atomic E-state index is 5.10. The number of hydrogen-bond donors (Lipinski definition) is 0. The summed E-state index contributed by atoms with van der Waals surface area (Å²) in [7, 11) is 0. The Kier molecular flexibility index (Phi) is 3.41. The highest BCUT2D eigenvalue weighted by Crippen LogP contribution is 2.29. The van der Waals surface area contributed by atoms with Gasteiger partial charge in [0.05, 0.1) is 38.8 Å². The van der Waals surface area contributed by atoms with Crippen LogP contribution in [0.15, 0.2) is 97.1 Å². The number of imidazole rings is 2. The van der Waals surface area contributed by atoms with Crippen molar-refractivity contribution >= 4 is 44.7 Å². The SMILES string of the molecule is Cc1cccc(-n2c3nc4ccccc4n3c3ccccc3n3c4ccccc4nc23)c1. The van der Waals surface area contributed by atoms with Crippen LogP contribution in [0.5, 0.6) is 0 Å². The van der Waals surface area contributed by atoms with Crippen LogP contribution in [0.2, 0.25) is 0 Å². The first kappa shape index (κ1) is 17.3. The van der Waals surface area contributed by atoms with Gasteiger partial charge in [-0.2, -0.15) is 0 Å². The smallest absolute Gasteiger partial charge is 0.223 e. The van der Waals surface area contributed by atoms with E-state index in [2.05, 4.69) is 105 Å². The van der Waals surface area contributed by atoms with Crippen LogP contribution < -0.4 is 0 Å². The van der Waals surface area contributed by atoms with E-state index in [0.717, 1.165) is 50.3 Å². The molecule has 32 heavy (non-hydrogen) atoms.